The van der Waals surface area contributed by atoms with Crippen LogP contribution in [0.4, 0.5) is 5.69 Å². The second-order valence-electron chi connectivity index (χ2n) is 6.17. The number of carbonyl (C=O) groups excluding carboxylic acids is 1. The van der Waals surface area contributed by atoms with E-state index in [4.69, 9.17) is 0 Å². The van der Waals surface area contributed by atoms with Gasteiger partial charge >= 0.3 is 0 Å². The van der Waals surface area contributed by atoms with Crippen LogP contribution in [-0.2, 0) is 0 Å². The lowest BCUT2D eigenvalue weighted by Gasteiger charge is -2.10. The van der Waals surface area contributed by atoms with Gasteiger partial charge in [0.2, 0.25) is 0 Å². The van der Waals surface area contributed by atoms with Gasteiger partial charge in [0.25, 0.3) is 5.91 Å². The molecule has 0 spiro atoms. The first-order chi connectivity index (χ1) is 13.2. The first kappa shape index (κ1) is 16.7. The van der Waals surface area contributed by atoms with Crippen molar-refractivity contribution >= 4 is 11.6 Å². The highest BCUT2D eigenvalue weighted by atomic mass is 16.2. The Morgan fingerprint density at radius 1 is 0.852 bits per heavy atom. The number of hydrogen-bond donors (Lipinski definition) is 1. The van der Waals surface area contributed by atoms with Crippen molar-refractivity contribution in [2.24, 2.45) is 0 Å². The minimum absolute atomic E-state index is 0.285. The second kappa shape index (κ2) is 7.25. The van der Waals surface area contributed by atoms with Gasteiger partial charge < -0.3 is 5.32 Å². The van der Waals surface area contributed by atoms with Gasteiger partial charge in [-0.25, -0.2) is 4.68 Å². The molecule has 0 aliphatic heterocycles. The van der Waals surface area contributed by atoms with E-state index in [1.165, 1.54) is 0 Å². The minimum atomic E-state index is -0.287. The molecule has 132 valence electrons. The maximum Gasteiger partial charge on any atom is 0.278 e. The number of para-hydroxylation sites is 2. The minimum Gasteiger partial charge on any atom is -0.320 e. The third kappa shape index (κ3) is 3.35. The summed E-state index contributed by atoms with van der Waals surface area (Å²) in [6.45, 7) is 1.95. The standard InChI is InChI=1S/C22H18N4O/c1-16-10-8-9-15-19(16)23-22(27)20-21(17-11-4-2-5-12-17)26(25-24-20)18-13-6-3-7-14-18/h2-15H,1H3,(H,23,27). The second-order valence-corrected chi connectivity index (χ2v) is 6.17. The van der Waals surface area contributed by atoms with E-state index in [1.807, 2.05) is 91.9 Å². The number of benzene rings is 3. The van der Waals surface area contributed by atoms with Gasteiger partial charge in [-0.1, -0.05) is 71.9 Å². The molecular formula is C22H18N4O. The van der Waals surface area contributed by atoms with Gasteiger partial charge in [-0.3, -0.25) is 4.79 Å². The lowest BCUT2D eigenvalue weighted by Crippen LogP contribution is -2.14. The first-order valence-electron chi connectivity index (χ1n) is 8.67. The third-order valence-corrected chi connectivity index (χ3v) is 4.33. The topological polar surface area (TPSA) is 59.8 Å². The van der Waals surface area contributed by atoms with Crippen molar-refractivity contribution in [2.45, 2.75) is 6.92 Å². The highest BCUT2D eigenvalue weighted by Crippen LogP contribution is 2.26. The molecule has 5 nitrogen and oxygen atoms in total. The van der Waals surface area contributed by atoms with Crippen LogP contribution in [-0.4, -0.2) is 20.9 Å². The summed E-state index contributed by atoms with van der Waals surface area (Å²) in [7, 11) is 0. The van der Waals surface area contributed by atoms with Crippen molar-refractivity contribution in [1.29, 1.82) is 0 Å². The molecule has 27 heavy (non-hydrogen) atoms. The zero-order valence-corrected chi connectivity index (χ0v) is 14.8. The Kier molecular flexibility index (Phi) is 4.49. The first-order valence-corrected chi connectivity index (χ1v) is 8.67. The Morgan fingerprint density at radius 2 is 1.48 bits per heavy atom. The van der Waals surface area contributed by atoms with Crippen molar-refractivity contribution in [2.75, 3.05) is 5.32 Å². The number of carbonyl (C=O) groups is 1. The molecule has 0 bridgehead atoms. The highest BCUT2D eigenvalue weighted by molar-refractivity contribution is 6.07. The van der Waals surface area contributed by atoms with E-state index in [0.717, 1.165) is 22.5 Å². The molecule has 0 aliphatic carbocycles. The molecule has 4 aromatic rings. The zero-order valence-electron chi connectivity index (χ0n) is 14.8. The molecule has 0 atom stereocenters. The molecule has 4 rings (SSSR count). The molecule has 1 aromatic heterocycles. The number of anilines is 1. The van der Waals surface area contributed by atoms with Crippen LogP contribution >= 0.6 is 0 Å². The van der Waals surface area contributed by atoms with E-state index in [1.54, 1.807) is 4.68 Å². The van der Waals surface area contributed by atoms with Gasteiger partial charge in [-0.2, -0.15) is 0 Å². The van der Waals surface area contributed by atoms with Crippen LogP contribution < -0.4 is 5.32 Å². The number of aryl methyl sites for hydroxylation is 1. The molecule has 0 unspecified atom stereocenters. The van der Waals surface area contributed by atoms with Gasteiger partial charge in [0, 0.05) is 11.3 Å². The van der Waals surface area contributed by atoms with Crippen molar-refractivity contribution in [3.63, 3.8) is 0 Å². The average Bonchev–Trinajstić information content (AvgIpc) is 3.16. The van der Waals surface area contributed by atoms with Gasteiger partial charge in [-0.15, -0.1) is 5.10 Å². The van der Waals surface area contributed by atoms with Crippen LogP contribution in [0.3, 0.4) is 0 Å². The van der Waals surface area contributed by atoms with Crippen LogP contribution in [0.2, 0.25) is 0 Å². The molecule has 1 amide bonds. The van der Waals surface area contributed by atoms with E-state index >= 15 is 0 Å². The van der Waals surface area contributed by atoms with Gasteiger partial charge in [-0.05, 0) is 30.7 Å². The fourth-order valence-corrected chi connectivity index (χ4v) is 2.93. The number of rotatable bonds is 4. The maximum absolute atomic E-state index is 13.0. The maximum atomic E-state index is 13.0. The summed E-state index contributed by atoms with van der Waals surface area (Å²) in [5, 5.41) is 11.4. The van der Waals surface area contributed by atoms with Crippen molar-refractivity contribution in [1.82, 2.24) is 15.0 Å². The molecule has 0 aliphatic rings. The molecule has 3 aromatic carbocycles. The quantitative estimate of drug-likeness (QED) is 0.587. The SMILES string of the molecule is Cc1ccccc1NC(=O)c1nnn(-c2ccccc2)c1-c1ccccc1. The van der Waals surface area contributed by atoms with Gasteiger partial charge in [0.1, 0.15) is 5.69 Å². The van der Waals surface area contributed by atoms with Crippen LogP contribution in [0.5, 0.6) is 0 Å². The third-order valence-electron chi connectivity index (χ3n) is 4.33. The lowest BCUT2D eigenvalue weighted by atomic mass is 10.1. The summed E-state index contributed by atoms with van der Waals surface area (Å²) in [5.41, 5.74) is 4.42. The summed E-state index contributed by atoms with van der Waals surface area (Å²) in [5.74, 6) is -0.287. The fraction of sp³-hybridized carbons (Fsp3) is 0.0455. The summed E-state index contributed by atoms with van der Waals surface area (Å²) in [6.07, 6.45) is 0. The molecule has 0 saturated heterocycles. The molecule has 0 fully saturated rings. The van der Waals surface area contributed by atoms with Crippen molar-refractivity contribution < 1.29 is 4.79 Å². The number of aromatic nitrogens is 3. The van der Waals surface area contributed by atoms with Gasteiger partial charge in [0.15, 0.2) is 5.69 Å². The molecule has 1 N–H and O–H groups in total. The number of nitrogens with zero attached hydrogens (tertiary/aromatic N) is 3. The summed E-state index contributed by atoms with van der Waals surface area (Å²) >= 11 is 0. The van der Waals surface area contributed by atoms with Gasteiger partial charge in [0.05, 0.1) is 5.69 Å². The smallest absolute Gasteiger partial charge is 0.278 e. The lowest BCUT2D eigenvalue weighted by molar-refractivity contribution is 0.102. The predicted octanol–water partition coefficient (Wildman–Crippen LogP) is 4.50. The molecule has 1 heterocycles. The predicted molar refractivity (Wildman–Crippen MR) is 106 cm³/mol. The molecule has 5 heteroatoms. The Labute approximate surface area is 157 Å². The van der Waals surface area contributed by atoms with E-state index in [-0.39, 0.29) is 11.6 Å². The van der Waals surface area contributed by atoms with Crippen LogP contribution in [0, 0.1) is 6.92 Å². The van der Waals surface area contributed by atoms with Crippen LogP contribution in [0.25, 0.3) is 16.9 Å². The Bertz CT molecular complexity index is 1070. The Hall–Kier alpha value is -3.73. The van der Waals surface area contributed by atoms with Crippen molar-refractivity contribution in [3.8, 4) is 16.9 Å². The molecule has 0 saturated carbocycles. The van der Waals surface area contributed by atoms with E-state index < -0.39 is 0 Å². The summed E-state index contributed by atoms with van der Waals surface area (Å²) in [6, 6.07) is 27.0. The Balaban J connectivity index is 1.80. The van der Waals surface area contributed by atoms with E-state index in [0.29, 0.717) is 5.69 Å². The van der Waals surface area contributed by atoms with Crippen LogP contribution in [0.15, 0.2) is 84.9 Å². The van der Waals surface area contributed by atoms with Crippen molar-refractivity contribution in [3.05, 3.63) is 96.2 Å². The number of hydrogen-bond acceptors (Lipinski definition) is 3. The van der Waals surface area contributed by atoms with E-state index in [9.17, 15) is 4.79 Å². The highest BCUT2D eigenvalue weighted by Gasteiger charge is 2.22. The summed E-state index contributed by atoms with van der Waals surface area (Å²) < 4.78 is 1.70. The number of amides is 1. The monoisotopic (exact) mass is 354 g/mol. The largest absolute Gasteiger partial charge is 0.320 e. The van der Waals surface area contributed by atoms with E-state index in [2.05, 4.69) is 15.6 Å². The van der Waals surface area contributed by atoms with Crippen LogP contribution in [0.1, 0.15) is 16.1 Å². The molecule has 0 radical (unpaired) electrons. The molecular weight excluding hydrogens is 336 g/mol. The fourth-order valence-electron chi connectivity index (χ4n) is 2.93. The average molecular weight is 354 g/mol. The number of nitrogens with one attached hydrogen (secondary N) is 1. The zero-order chi connectivity index (χ0) is 18.6. The Morgan fingerprint density at radius 3 is 2.19 bits per heavy atom. The summed E-state index contributed by atoms with van der Waals surface area (Å²) in [4.78, 5) is 13.0. The normalized spacial score (nSPS) is 10.6.